The number of nitrogens with zero attached hydrogens (tertiary/aromatic N) is 2. The standard InChI is InChI=1S/C12H9ClN2S/c13-10-3-1-9(2-4-10)7-12-15-11(5-6-14)8-16-12/h1-4,8H,5,7H2. The Morgan fingerprint density at radius 2 is 2.06 bits per heavy atom. The fourth-order valence-corrected chi connectivity index (χ4v) is 2.32. The van der Waals surface area contributed by atoms with Crippen LogP contribution < -0.4 is 0 Å². The predicted molar refractivity (Wildman–Crippen MR) is 65.7 cm³/mol. The Morgan fingerprint density at radius 1 is 1.31 bits per heavy atom. The van der Waals surface area contributed by atoms with Crippen molar-refractivity contribution in [2.45, 2.75) is 12.8 Å². The zero-order chi connectivity index (χ0) is 11.4. The first-order valence-corrected chi connectivity index (χ1v) is 6.08. The van der Waals surface area contributed by atoms with E-state index >= 15 is 0 Å². The largest absolute Gasteiger partial charge is 0.245 e. The minimum atomic E-state index is 0.386. The van der Waals surface area contributed by atoms with Crippen LogP contribution in [0, 0.1) is 11.3 Å². The molecule has 2 aromatic rings. The first-order valence-electron chi connectivity index (χ1n) is 4.82. The molecule has 16 heavy (non-hydrogen) atoms. The topological polar surface area (TPSA) is 36.7 Å². The Morgan fingerprint density at radius 3 is 2.75 bits per heavy atom. The molecule has 80 valence electrons. The van der Waals surface area contributed by atoms with Crippen LogP contribution in [0.15, 0.2) is 29.6 Å². The average molecular weight is 249 g/mol. The SMILES string of the molecule is N#CCc1csc(Cc2ccc(Cl)cc2)n1. The molecule has 0 unspecified atom stereocenters. The van der Waals surface area contributed by atoms with Crippen molar-refractivity contribution < 1.29 is 0 Å². The summed E-state index contributed by atoms with van der Waals surface area (Å²) in [7, 11) is 0. The van der Waals surface area contributed by atoms with E-state index in [1.807, 2.05) is 29.6 Å². The highest BCUT2D eigenvalue weighted by Crippen LogP contribution is 2.16. The van der Waals surface area contributed by atoms with Gasteiger partial charge >= 0.3 is 0 Å². The number of thiazole rings is 1. The number of rotatable bonds is 3. The average Bonchev–Trinajstić information content (AvgIpc) is 2.70. The molecule has 0 bridgehead atoms. The molecule has 0 saturated heterocycles. The Hall–Kier alpha value is -1.37. The van der Waals surface area contributed by atoms with Gasteiger partial charge < -0.3 is 0 Å². The van der Waals surface area contributed by atoms with E-state index in [0.717, 1.165) is 22.1 Å². The lowest BCUT2D eigenvalue weighted by atomic mass is 10.2. The van der Waals surface area contributed by atoms with Gasteiger partial charge in [-0.1, -0.05) is 23.7 Å². The fourth-order valence-electron chi connectivity index (χ4n) is 1.37. The third kappa shape index (κ3) is 2.82. The third-order valence-corrected chi connectivity index (χ3v) is 3.28. The summed E-state index contributed by atoms with van der Waals surface area (Å²) in [6, 6.07) is 9.83. The van der Waals surface area contributed by atoms with Crippen LogP contribution in [0.5, 0.6) is 0 Å². The van der Waals surface area contributed by atoms with Crippen molar-refractivity contribution >= 4 is 22.9 Å². The van der Waals surface area contributed by atoms with E-state index in [9.17, 15) is 0 Å². The number of hydrogen-bond acceptors (Lipinski definition) is 3. The third-order valence-electron chi connectivity index (χ3n) is 2.13. The van der Waals surface area contributed by atoms with Crippen LogP contribution in [0.4, 0.5) is 0 Å². The fraction of sp³-hybridized carbons (Fsp3) is 0.167. The summed E-state index contributed by atoms with van der Waals surface area (Å²) in [4.78, 5) is 4.38. The van der Waals surface area contributed by atoms with Gasteiger partial charge in [-0.15, -0.1) is 11.3 Å². The van der Waals surface area contributed by atoms with Gasteiger partial charge in [0.05, 0.1) is 23.2 Å². The normalized spacial score (nSPS) is 10.0. The molecule has 4 heteroatoms. The summed E-state index contributed by atoms with van der Waals surface area (Å²) in [5.41, 5.74) is 2.04. The van der Waals surface area contributed by atoms with Crippen molar-refractivity contribution in [2.24, 2.45) is 0 Å². The molecule has 2 rings (SSSR count). The molecular weight excluding hydrogens is 240 g/mol. The highest BCUT2D eigenvalue weighted by atomic mass is 35.5. The van der Waals surface area contributed by atoms with E-state index in [-0.39, 0.29) is 0 Å². The van der Waals surface area contributed by atoms with Crippen molar-refractivity contribution in [1.29, 1.82) is 5.26 Å². The van der Waals surface area contributed by atoms with Gasteiger partial charge in [0, 0.05) is 16.8 Å². The molecule has 0 atom stereocenters. The highest BCUT2D eigenvalue weighted by Gasteiger charge is 2.02. The number of halogens is 1. The van der Waals surface area contributed by atoms with E-state index < -0.39 is 0 Å². The van der Waals surface area contributed by atoms with E-state index in [2.05, 4.69) is 11.1 Å². The number of nitriles is 1. The lowest BCUT2D eigenvalue weighted by Gasteiger charge is -1.97. The van der Waals surface area contributed by atoms with Gasteiger partial charge in [0.25, 0.3) is 0 Å². The number of aromatic nitrogens is 1. The van der Waals surface area contributed by atoms with Crippen molar-refractivity contribution in [3.63, 3.8) is 0 Å². The van der Waals surface area contributed by atoms with E-state index in [1.54, 1.807) is 11.3 Å². The van der Waals surface area contributed by atoms with Crippen LogP contribution in [0.2, 0.25) is 5.02 Å². The predicted octanol–water partition coefficient (Wildman–Crippen LogP) is 3.45. The summed E-state index contributed by atoms with van der Waals surface area (Å²) < 4.78 is 0. The molecule has 1 aromatic heterocycles. The second-order valence-corrected chi connectivity index (χ2v) is 4.75. The smallest absolute Gasteiger partial charge is 0.0972 e. The zero-order valence-electron chi connectivity index (χ0n) is 8.48. The quantitative estimate of drug-likeness (QED) is 0.834. The van der Waals surface area contributed by atoms with Crippen LogP contribution in [-0.4, -0.2) is 4.98 Å². The molecular formula is C12H9ClN2S. The molecule has 0 spiro atoms. The summed E-state index contributed by atoms with van der Waals surface area (Å²) in [6.45, 7) is 0. The highest BCUT2D eigenvalue weighted by molar-refractivity contribution is 7.09. The minimum Gasteiger partial charge on any atom is -0.245 e. The lowest BCUT2D eigenvalue weighted by Crippen LogP contribution is -1.88. The maximum atomic E-state index is 8.55. The van der Waals surface area contributed by atoms with Gasteiger partial charge in [-0.2, -0.15) is 5.26 Å². The lowest BCUT2D eigenvalue weighted by molar-refractivity contribution is 1.07. The van der Waals surface area contributed by atoms with E-state index in [1.165, 1.54) is 5.56 Å². The van der Waals surface area contributed by atoms with Gasteiger partial charge in [0.15, 0.2) is 0 Å². The van der Waals surface area contributed by atoms with Gasteiger partial charge in [-0.05, 0) is 17.7 Å². The molecule has 1 aromatic carbocycles. The number of benzene rings is 1. The first-order chi connectivity index (χ1) is 7.78. The van der Waals surface area contributed by atoms with Crippen molar-refractivity contribution in [3.8, 4) is 6.07 Å². The molecule has 2 nitrogen and oxygen atoms in total. The minimum absolute atomic E-state index is 0.386. The molecule has 0 N–H and O–H groups in total. The van der Waals surface area contributed by atoms with Crippen molar-refractivity contribution in [1.82, 2.24) is 4.98 Å². The summed E-state index contributed by atoms with van der Waals surface area (Å²) >= 11 is 7.40. The second kappa shape index (κ2) is 5.11. The second-order valence-electron chi connectivity index (χ2n) is 3.37. The van der Waals surface area contributed by atoms with E-state index in [0.29, 0.717) is 6.42 Å². The summed E-state index contributed by atoms with van der Waals surface area (Å²) in [5, 5.41) is 12.3. The molecule has 0 aliphatic carbocycles. The first kappa shape index (κ1) is 11.1. The van der Waals surface area contributed by atoms with Crippen LogP contribution >= 0.6 is 22.9 Å². The molecule has 0 saturated carbocycles. The summed E-state index contributed by atoms with van der Waals surface area (Å²) in [6.07, 6.45) is 1.18. The Balaban J connectivity index is 2.09. The number of hydrogen-bond donors (Lipinski definition) is 0. The van der Waals surface area contributed by atoms with Gasteiger partial charge in [0.1, 0.15) is 0 Å². The molecule has 0 amide bonds. The molecule has 1 heterocycles. The van der Waals surface area contributed by atoms with Gasteiger partial charge in [-0.3, -0.25) is 0 Å². The molecule has 0 fully saturated rings. The monoisotopic (exact) mass is 248 g/mol. The Bertz CT molecular complexity index is 511. The maximum Gasteiger partial charge on any atom is 0.0972 e. The van der Waals surface area contributed by atoms with Crippen LogP contribution in [0.3, 0.4) is 0 Å². The zero-order valence-corrected chi connectivity index (χ0v) is 10.1. The van der Waals surface area contributed by atoms with Crippen LogP contribution in [-0.2, 0) is 12.8 Å². The van der Waals surface area contributed by atoms with Crippen molar-refractivity contribution in [3.05, 3.63) is 50.9 Å². The van der Waals surface area contributed by atoms with Gasteiger partial charge in [0.2, 0.25) is 0 Å². The van der Waals surface area contributed by atoms with Crippen LogP contribution in [0.25, 0.3) is 0 Å². The van der Waals surface area contributed by atoms with Crippen molar-refractivity contribution in [2.75, 3.05) is 0 Å². The summed E-state index contributed by atoms with van der Waals surface area (Å²) in [5.74, 6) is 0. The Kier molecular flexibility index (Phi) is 3.55. The Labute approximate surface area is 103 Å². The molecule has 0 radical (unpaired) electrons. The van der Waals surface area contributed by atoms with Crippen LogP contribution in [0.1, 0.15) is 16.3 Å². The van der Waals surface area contributed by atoms with Gasteiger partial charge in [-0.25, -0.2) is 4.98 Å². The van der Waals surface area contributed by atoms with E-state index in [4.69, 9.17) is 16.9 Å². The molecule has 0 aliphatic heterocycles. The molecule has 0 aliphatic rings. The maximum absolute atomic E-state index is 8.55.